The summed E-state index contributed by atoms with van der Waals surface area (Å²) >= 11 is 0. The minimum atomic E-state index is -0.875. The van der Waals surface area contributed by atoms with E-state index >= 15 is 0 Å². The number of hydrogen-bond donors (Lipinski definition) is 3. The van der Waals surface area contributed by atoms with Gasteiger partial charge in [-0.2, -0.15) is 0 Å². The third-order valence-corrected chi connectivity index (χ3v) is 9.87. The molecule has 0 aromatic carbocycles. The van der Waals surface area contributed by atoms with Crippen molar-refractivity contribution >= 4 is 5.91 Å². The zero-order valence-corrected chi connectivity index (χ0v) is 38.0. The maximum Gasteiger partial charge on any atom is 0.220 e. The van der Waals surface area contributed by atoms with E-state index in [1.807, 2.05) is 6.08 Å². The van der Waals surface area contributed by atoms with Crippen molar-refractivity contribution < 1.29 is 15.0 Å². The Morgan fingerprint density at radius 1 is 0.424 bits per heavy atom. The molecule has 0 saturated heterocycles. The number of amides is 1. The fourth-order valence-electron chi connectivity index (χ4n) is 6.24. The van der Waals surface area contributed by atoms with E-state index in [0.29, 0.717) is 6.42 Å². The van der Waals surface area contributed by atoms with Crippen LogP contribution in [0.2, 0.25) is 0 Å². The van der Waals surface area contributed by atoms with E-state index in [-0.39, 0.29) is 12.5 Å². The first-order chi connectivity index (χ1) is 29.2. The fraction of sp³-hybridized carbons (Fsp3) is 0.582. The largest absolute Gasteiger partial charge is 0.394 e. The van der Waals surface area contributed by atoms with Gasteiger partial charge in [0, 0.05) is 6.42 Å². The van der Waals surface area contributed by atoms with E-state index in [2.05, 4.69) is 141 Å². The third-order valence-electron chi connectivity index (χ3n) is 9.87. The minimum Gasteiger partial charge on any atom is -0.394 e. The predicted molar refractivity (Wildman–Crippen MR) is 262 cm³/mol. The van der Waals surface area contributed by atoms with Crippen LogP contribution in [0.5, 0.6) is 0 Å². The van der Waals surface area contributed by atoms with E-state index in [9.17, 15) is 15.0 Å². The highest BCUT2D eigenvalue weighted by Crippen LogP contribution is 2.11. The number of nitrogens with one attached hydrogen (secondary N) is 1. The molecule has 0 saturated carbocycles. The molecule has 59 heavy (non-hydrogen) atoms. The number of allylic oxidation sites excluding steroid dienone is 21. The highest BCUT2D eigenvalue weighted by molar-refractivity contribution is 5.76. The van der Waals surface area contributed by atoms with E-state index in [4.69, 9.17) is 0 Å². The van der Waals surface area contributed by atoms with Gasteiger partial charge >= 0.3 is 0 Å². The average Bonchev–Trinajstić information content (AvgIpc) is 3.24. The van der Waals surface area contributed by atoms with Crippen molar-refractivity contribution in [2.24, 2.45) is 0 Å². The maximum absolute atomic E-state index is 12.4. The summed E-state index contributed by atoms with van der Waals surface area (Å²) in [6.45, 7) is 4.14. The van der Waals surface area contributed by atoms with Gasteiger partial charge in [-0.3, -0.25) is 4.79 Å². The zero-order valence-electron chi connectivity index (χ0n) is 38.0. The molecule has 4 nitrogen and oxygen atoms in total. The number of carbonyl (C=O) groups is 1. The van der Waals surface area contributed by atoms with Crippen molar-refractivity contribution in [1.82, 2.24) is 5.32 Å². The lowest BCUT2D eigenvalue weighted by Crippen LogP contribution is -2.45. The molecule has 0 spiro atoms. The van der Waals surface area contributed by atoms with E-state index in [0.717, 1.165) is 103 Å². The van der Waals surface area contributed by atoms with Crippen molar-refractivity contribution in [2.45, 2.75) is 199 Å². The van der Waals surface area contributed by atoms with Gasteiger partial charge in [0.1, 0.15) is 0 Å². The molecule has 0 rings (SSSR count). The molecule has 2 atom stereocenters. The molecule has 0 radical (unpaired) electrons. The topological polar surface area (TPSA) is 69.6 Å². The molecule has 0 bridgehead atoms. The Kier molecular flexibility index (Phi) is 46.0. The summed E-state index contributed by atoms with van der Waals surface area (Å²) in [5, 5.41) is 22.9. The molecule has 0 heterocycles. The van der Waals surface area contributed by atoms with E-state index in [1.165, 1.54) is 64.2 Å². The maximum atomic E-state index is 12.4. The van der Waals surface area contributed by atoms with Crippen LogP contribution < -0.4 is 5.32 Å². The van der Waals surface area contributed by atoms with Crippen molar-refractivity contribution in [3.63, 3.8) is 0 Å². The lowest BCUT2D eigenvalue weighted by Gasteiger charge is -2.19. The Balaban J connectivity index is 3.69. The summed E-state index contributed by atoms with van der Waals surface area (Å²) in [7, 11) is 0. The molecular weight excluding hydrogens is 723 g/mol. The number of carbonyl (C=O) groups excluding carboxylic acids is 1. The summed E-state index contributed by atoms with van der Waals surface area (Å²) < 4.78 is 0. The van der Waals surface area contributed by atoms with Crippen molar-refractivity contribution in [3.8, 4) is 0 Å². The smallest absolute Gasteiger partial charge is 0.220 e. The molecule has 0 aliphatic heterocycles. The zero-order chi connectivity index (χ0) is 42.8. The molecule has 1 amide bonds. The minimum absolute atomic E-state index is 0.0935. The molecule has 4 heteroatoms. The van der Waals surface area contributed by atoms with Gasteiger partial charge < -0.3 is 15.5 Å². The molecule has 0 fully saturated rings. The summed E-state index contributed by atoms with van der Waals surface area (Å²) in [4.78, 5) is 12.4. The number of unbranched alkanes of at least 4 members (excludes halogenated alkanes) is 14. The van der Waals surface area contributed by atoms with Gasteiger partial charge in [0.05, 0.1) is 18.8 Å². The van der Waals surface area contributed by atoms with Gasteiger partial charge in [-0.05, 0) is 103 Å². The van der Waals surface area contributed by atoms with Crippen molar-refractivity contribution in [3.05, 3.63) is 134 Å². The number of hydrogen-bond acceptors (Lipinski definition) is 3. The summed E-state index contributed by atoms with van der Waals surface area (Å²) in [5.41, 5.74) is 0. The van der Waals surface area contributed by atoms with Crippen LogP contribution in [0.1, 0.15) is 187 Å². The van der Waals surface area contributed by atoms with Gasteiger partial charge in [0.2, 0.25) is 5.91 Å². The van der Waals surface area contributed by atoms with E-state index in [1.54, 1.807) is 6.08 Å². The van der Waals surface area contributed by atoms with Crippen LogP contribution >= 0.6 is 0 Å². The van der Waals surface area contributed by atoms with Crippen LogP contribution in [0.25, 0.3) is 0 Å². The lowest BCUT2D eigenvalue weighted by molar-refractivity contribution is -0.123. The first kappa shape index (κ1) is 55.5. The Bertz CT molecular complexity index is 1240. The molecule has 332 valence electrons. The third kappa shape index (κ3) is 45.5. The first-order valence-electron chi connectivity index (χ1n) is 23.9. The van der Waals surface area contributed by atoms with Crippen molar-refractivity contribution in [1.29, 1.82) is 0 Å². The predicted octanol–water partition coefficient (Wildman–Crippen LogP) is 15.5. The number of rotatable bonds is 41. The second-order valence-corrected chi connectivity index (χ2v) is 15.4. The Labute approximate surface area is 364 Å². The van der Waals surface area contributed by atoms with Crippen molar-refractivity contribution in [2.75, 3.05) is 6.61 Å². The Hall–Kier alpha value is -3.47. The quantitative estimate of drug-likeness (QED) is 0.0425. The summed E-state index contributed by atoms with van der Waals surface area (Å²) in [6, 6.07) is -0.653. The average molecular weight is 812 g/mol. The van der Waals surface area contributed by atoms with Gasteiger partial charge in [0.15, 0.2) is 0 Å². The monoisotopic (exact) mass is 812 g/mol. The highest BCUT2D eigenvalue weighted by Gasteiger charge is 2.17. The van der Waals surface area contributed by atoms with Crippen LogP contribution in [0.4, 0.5) is 0 Å². The van der Waals surface area contributed by atoms with Crippen LogP contribution in [-0.4, -0.2) is 34.9 Å². The molecule has 0 aromatic heterocycles. The molecule has 0 aromatic rings. The van der Waals surface area contributed by atoms with Gasteiger partial charge in [-0.15, -0.1) is 0 Å². The van der Waals surface area contributed by atoms with Crippen LogP contribution in [-0.2, 0) is 4.79 Å². The van der Waals surface area contributed by atoms with Gasteiger partial charge in [0.25, 0.3) is 0 Å². The van der Waals surface area contributed by atoms with Gasteiger partial charge in [-0.1, -0.05) is 212 Å². The Morgan fingerprint density at radius 3 is 1.19 bits per heavy atom. The molecule has 3 N–H and O–H groups in total. The van der Waals surface area contributed by atoms with E-state index < -0.39 is 12.1 Å². The molecule has 2 unspecified atom stereocenters. The summed E-state index contributed by atoms with van der Waals surface area (Å²) in [6.07, 6.45) is 77.1. The van der Waals surface area contributed by atoms with Crippen LogP contribution in [0.15, 0.2) is 134 Å². The van der Waals surface area contributed by atoms with Crippen LogP contribution in [0.3, 0.4) is 0 Å². The molecule has 0 aliphatic carbocycles. The normalized spacial score (nSPS) is 14.2. The first-order valence-corrected chi connectivity index (χ1v) is 23.9. The highest BCUT2D eigenvalue weighted by atomic mass is 16.3. The lowest BCUT2D eigenvalue weighted by atomic mass is 10.1. The fourth-order valence-corrected chi connectivity index (χ4v) is 6.24. The summed E-state index contributed by atoms with van der Waals surface area (Å²) in [5.74, 6) is -0.0935. The molecule has 0 aliphatic rings. The molecular formula is C55H89NO3. The standard InChI is InChI=1S/C55H89NO3/c1-3-5-7-9-11-13-15-17-18-19-20-21-22-23-24-25-26-27-28-29-30-31-32-33-34-35-36-37-38-39-41-43-45-47-49-51-55(59)56-53(52-57)54(58)50-48-46-44-42-40-16-14-12-10-8-6-4-2/h5,7,11,13,17-18,20-21,23-24,26-27,29-30,32-33,35-36,40,42,48,50,53-54,57-58H,3-4,6,8-10,12,14-16,19,22,25,28,31,34,37-39,41,43-47,49,51-52H2,1-2H3,(H,56,59)/b7-5-,13-11-,18-17-,21-20-,24-23-,27-26-,30-29-,33-32-,36-35-,42-40+,50-48+. The number of aliphatic hydroxyl groups is 2. The number of aliphatic hydroxyl groups excluding tert-OH is 2. The SMILES string of the molecule is CC/C=C\C/C=C\C/C=C\C/C=C\C/C=C\C/C=C\C/C=C\C/C=C\C/C=C\CCCCCCCCCC(=O)NC(CO)C(O)/C=C/CC/C=C/CCCCCCCC. The Morgan fingerprint density at radius 2 is 0.763 bits per heavy atom. The second kappa shape index (κ2) is 48.9. The van der Waals surface area contributed by atoms with Crippen LogP contribution in [0, 0.1) is 0 Å². The van der Waals surface area contributed by atoms with Gasteiger partial charge in [-0.25, -0.2) is 0 Å². The second-order valence-electron chi connectivity index (χ2n) is 15.4.